The molecule has 1 aliphatic rings. The third-order valence-electron chi connectivity index (χ3n) is 4.77. The van der Waals surface area contributed by atoms with Crippen molar-refractivity contribution in [1.82, 2.24) is 9.97 Å². The Balaban J connectivity index is 1.53. The molecule has 0 saturated carbocycles. The molecule has 1 aliphatic carbocycles. The number of amides is 1. The topological polar surface area (TPSA) is 66.9 Å². The second-order valence-electron chi connectivity index (χ2n) is 6.57. The van der Waals surface area contributed by atoms with Crippen molar-refractivity contribution in [2.24, 2.45) is 0 Å². The molecule has 0 unspecified atom stereocenters. The number of thiophene rings is 1. The molecule has 134 valence electrons. The Bertz CT molecular complexity index is 979. The van der Waals surface area contributed by atoms with Gasteiger partial charge in [-0.15, -0.1) is 11.3 Å². The number of carbonyl (C=O) groups is 1. The minimum atomic E-state index is -0.0674. The van der Waals surface area contributed by atoms with Crippen LogP contribution in [0.15, 0.2) is 24.3 Å². The maximum atomic E-state index is 12.4. The van der Waals surface area contributed by atoms with E-state index < -0.39 is 0 Å². The summed E-state index contributed by atoms with van der Waals surface area (Å²) in [5.41, 5.74) is 3.38. The van der Waals surface area contributed by atoms with Gasteiger partial charge in [-0.1, -0.05) is 25.1 Å². The summed E-state index contributed by atoms with van der Waals surface area (Å²) in [6.45, 7) is 4.17. The van der Waals surface area contributed by atoms with E-state index in [9.17, 15) is 4.79 Å². The predicted molar refractivity (Wildman–Crippen MR) is 107 cm³/mol. The molecule has 0 fully saturated rings. The van der Waals surface area contributed by atoms with Gasteiger partial charge in [0.25, 0.3) is 0 Å². The first-order chi connectivity index (χ1) is 12.7. The minimum absolute atomic E-state index is 0.0674. The van der Waals surface area contributed by atoms with E-state index in [1.54, 1.807) is 11.3 Å². The Hall–Kier alpha value is -2.47. The minimum Gasteiger partial charge on any atom is -0.360 e. The first-order valence-corrected chi connectivity index (χ1v) is 9.88. The summed E-state index contributed by atoms with van der Waals surface area (Å²) < 4.78 is 0. The van der Waals surface area contributed by atoms with Crippen molar-refractivity contribution >= 4 is 39.0 Å². The zero-order valence-corrected chi connectivity index (χ0v) is 15.9. The summed E-state index contributed by atoms with van der Waals surface area (Å²) >= 11 is 1.76. The van der Waals surface area contributed by atoms with Crippen LogP contribution in [0.3, 0.4) is 0 Å². The lowest BCUT2D eigenvalue weighted by Gasteiger charge is -2.11. The molecule has 0 atom stereocenters. The molecule has 4 rings (SSSR count). The summed E-state index contributed by atoms with van der Waals surface area (Å²) in [4.78, 5) is 24.0. The lowest BCUT2D eigenvalue weighted by molar-refractivity contribution is -0.114. The number of carbonyl (C=O) groups excluding carboxylic acids is 1. The maximum absolute atomic E-state index is 12.4. The molecule has 5 nitrogen and oxygen atoms in total. The zero-order valence-electron chi connectivity index (χ0n) is 15.1. The van der Waals surface area contributed by atoms with Gasteiger partial charge in [0, 0.05) is 10.6 Å². The second-order valence-corrected chi connectivity index (χ2v) is 7.65. The summed E-state index contributed by atoms with van der Waals surface area (Å²) in [5, 5.41) is 7.35. The van der Waals surface area contributed by atoms with Gasteiger partial charge in [-0.2, -0.15) is 0 Å². The third-order valence-corrected chi connectivity index (χ3v) is 5.95. The summed E-state index contributed by atoms with van der Waals surface area (Å²) in [5.74, 6) is 1.45. The number of fused-ring (bicyclic) bond motifs is 3. The van der Waals surface area contributed by atoms with Crippen LogP contribution >= 0.6 is 11.3 Å². The van der Waals surface area contributed by atoms with E-state index in [0.717, 1.165) is 52.4 Å². The average molecular weight is 366 g/mol. The number of benzene rings is 1. The molecule has 3 aromatic rings. The average Bonchev–Trinajstić information content (AvgIpc) is 3.20. The molecule has 0 radical (unpaired) electrons. The fraction of sp³-hybridized carbons (Fsp3) is 0.350. The Morgan fingerprint density at radius 3 is 2.92 bits per heavy atom. The highest BCUT2D eigenvalue weighted by atomic mass is 32.1. The molecule has 1 aromatic carbocycles. The van der Waals surface area contributed by atoms with Gasteiger partial charge in [0.05, 0.1) is 11.9 Å². The standard InChI is InChI=1S/C20H22N4OS/c1-3-13-7-4-5-9-15(13)24-17(25)11-21-19-18-14-8-6-10-16(14)26-20(18)23-12(2)22-19/h4-5,7,9H,3,6,8,10-11H2,1-2H3,(H,24,25)(H,21,22,23). The van der Waals surface area contributed by atoms with Gasteiger partial charge >= 0.3 is 0 Å². The lowest BCUT2D eigenvalue weighted by Crippen LogP contribution is -2.23. The number of nitrogens with one attached hydrogen (secondary N) is 2. The number of aromatic nitrogens is 2. The van der Waals surface area contributed by atoms with Crippen LogP contribution in [-0.2, 0) is 24.1 Å². The van der Waals surface area contributed by atoms with E-state index in [-0.39, 0.29) is 12.5 Å². The number of aryl methyl sites for hydroxylation is 4. The molecule has 1 amide bonds. The molecule has 6 heteroatoms. The van der Waals surface area contributed by atoms with Crippen LogP contribution in [0.1, 0.15) is 35.2 Å². The zero-order chi connectivity index (χ0) is 18.1. The number of hydrogen-bond acceptors (Lipinski definition) is 5. The Morgan fingerprint density at radius 2 is 2.08 bits per heavy atom. The Morgan fingerprint density at radius 1 is 1.23 bits per heavy atom. The largest absolute Gasteiger partial charge is 0.360 e. The number of nitrogens with zero attached hydrogens (tertiary/aromatic N) is 2. The molecule has 0 bridgehead atoms. The first-order valence-electron chi connectivity index (χ1n) is 9.06. The maximum Gasteiger partial charge on any atom is 0.243 e. The van der Waals surface area contributed by atoms with Crippen molar-refractivity contribution in [1.29, 1.82) is 0 Å². The molecule has 2 heterocycles. The summed E-state index contributed by atoms with van der Waals surface area (Å²) in [6, 6.07) is 7.91. The van der Waals surface area contributed by atoms with E-state index in [4.69, 9.17) is 0 Å². The first kappa shape index (κ1) is 17.0. The van der Waals surface area contributed by atoms with E-state index in [0.29, 0.717) is 0 Å². The molecule has 26 heavy (non-hydrogen) atoms. The van der Waals surface area contributed by atoms with Crippen molar-refractivity contribution in [3.8, 4) is 0 Å². The summed E-state index contributed by atoms with van der Waals surface area (Å²) in [7, 11) is 0. The number of hydrogen-bond donors (Lipinski definition) is 2. The van der Waals surface area contributed by atoms with Crippen molar-refractivity contribution < 1.29 is 4.79 Å². The van der Waals surface area contributed by atoms with Gasteiger partial charge in [-0.05, 0) is 49.8 Å². The number of rotatable bonds is 5. The highest BCUT2D eigenvalue weighted by Gasteiger charge is 2.22. The summed E-state index contributed by atoms with van der Waals surface area (Å²) in [6.07, 6.45) is 4.28. The second kappa shape index (κ2) is 7.03. The van der Waals surface area contributed by atoms with Gasteiger partial charge in [-0.25, -0.2) is 9.97 Å². The Labute approximate surface area is 156 Å². The van der Waals surface area contributed by atoms with Crippen LogP contribution < -0.4 is 10.6 Å². The van der Waals surface area contributed by atoms with Crippen molar-refractivity contribution in [2.45, 2.75) is 39.5 Å². The molecule has 0 saturated heterocycles. The molecule has 2 aromatic heterocycles. The molecule has 0 spiro atoms. The molecular formula is C20H22N4OS. The quantitative estimate of drug-likeness (QED) is 0.713. The van der Waals surface area contributed by atoms with Gasteiger partial charge in [0.15, 0.2) is 0 Å². The normalized spacial score (nSPS) is 13.0. The van der Waals surface area contributed by atoms with Gasteiger partial charge in [0.2, 0.25) is 5.91 Å². The number of para-hydroxylation sites is 1. The van der Waals surface area contributed by atoms with E-state index >= 15 is 0 Å². The fourth-order valence-corrected chi connectivity index (χ4v) is 4.85. The van der Waals surface area contributed by atoms with Gasteiger partial charge in [0.1, 0.15) is 16.5 Å². The monoisotopic (exact) mass is 366 g/mol. The van der Waals surface area contributed by atoms with E-state index in [2.05, 4.69) is 27.5 Å². The lowest BCUT2D eigenvalue weighted by atomic mass is 10.1. The van der Waals surface area contributed by atoms with Crippen molar-refractivity contribution in [3.05, 3.63) is 46.1 Å². The SMILES string of the molecule is CCc1ccccc1NC(=O)CNc1nc(C)nc2sc3c(c12)CCC3. The van der Waals surface area contributed by atoms with Gasteiger partial charge in [-0.3, -0.25) is 4.79 Å². The van der Waals surface area contributed by atoms with Crippen LogP contribution in [0.2, 0.25) is 0 Å². The van der Waals surface area contributed by atoms with E-state index in [1.807, 2.05) is 31.2 Å². The van der Waals surface area contributed by atoms with E-state index in [1.165, 1.54) is 16.9 Å². The molecular weight excluding hydrogens is 344 g/mol. The van der Waals surface area contributed by atoms with Crippen LogP contribution in [0, 0.1) is 6.92 Å². The van der Waals surface area contributed by atoms with Crippen LogP contribution in [-0.4, -0.2) is 22.4 Å². The third kappa shape index (κ3) is 3.17. The number of anilines is 2. The Kier molecular flexibility index (Phi) is 4.59. The molecule has 0 aliphatic heterocycles. The highest BCUT2D eigenvalue weighted by molar-refractivity contribution is 7.19. The van der Waals surface area contributed by atoms with Crippen molar-refractivity contribution in [3.63, 3.8) is 0 Å². The predicted octanol–water partition coefficient (Wildman–Crippen LogP) is 4.10. The van der Waals surface area contributed by atoms with Crippen LogP contribution in [0.5, 0.6) is 0 Å². The van der Waals surface area contributed by atoms with Crippen LogP contribution in [0.4, 0.5) is 11.5 Å². The van der Waals surface area contributed by atoms with Crippen LogP contribution in [0.25, 0.3) is 10.2 Å². The highest BCUT2D eigenvalue weighted by Crippen LogP contribution is 2.39. The smallest absolute Gasteiger partial charge is 0.243 e. The van der Waals surface area contributed by atoms with Gasteiger partial charge < -0.3 is 10.6 Å². The molecule has 2 N–H and O–H groups in total. The van der Waals surface area contributed by atoms with Crippen molar-refractivity contribution in [2.75, 3.05) is 17.2 Å². The fourth-order valence-electron chi connectivity index (χ4n) is 3.54.